The lowest BCUT2D eigenvalue weighted by Gasteiger charge is -2.23. The highest BCUT2D eigenvalue weighted by molar-refractivity contribution is 7.10. The second-order valence-corrected chi connectivity index (χ2v) is 7.79. The minimum atomic E-state index is -0.364. The van der Waals surface area contributed by atoms with Gasteiger partial charge in [-0.15, -0.1) is 11.3 Å². The standard InChI is InChI=1S/C19H21ClN2O3S.CH2O2/c20-16-5-3-14(4-6-16)11-21-19(24)15-12-22(7-8-25-13-15)18(23)10-17-2-1-9-26-17;2-1-3/h1-6,9,15H,7-8,10-13H2,(H,21,24);1H,(H,2,3). The van der Waals surface area contributed by atoms with Crippen molar-refractivity contribution < 1.29 is 24.2 Å². The molecule has 1 aliphatic heterocycles. The Bertz CT molecular complexity index is 783. The van der Waals surface area contributed by atoms with Gasteiger partial charge in [0.25, 0.3) is 6.47 Å². The molecule has 1 saturated heterocycles. The van der Waals surface area contributed by atoms with Crippen LogP contribution in [0.25, 0.3) is 0 Å². The molecule has 1 atom stereocenters. The lowest BCUT2D eigenvalue weighted by Crippen LogP contribution is -2.42. The van der Waals surface area contributed by atoms with E-state index in [1.54, 1.807) is 28.4 Å². The number of halogens is 1. The van der Waals surface area contributed by atoms with Gasteiger partial charge in [-0.1, -0.05) is 29.8 Å². The normalized spacial score (nSPS) is 16.2. The van der Waals surface area contributed by atoms with E-state index >= 15 is 0 Å². The van der Waals surface area contributed by atoms with Crippen molar-refractivity contribution in [3.8, 4) is 0 Å². The van der Waals surface area contributed by atoms with Gasteiger partial charge in [-0.25, -0.2) is 0 Å². The maximum absolute atomic E-state index is 12.5. The van der Waals surface area contributed by atoms with Gasteiger partial charge < -0.3 is 20.1 Å². The fraction of sp³-hybridized carbons (Fsp3) is 0.350. The number of carbonyl (C=O) groups is 3. The number of hydrogen-bond acceptors (Lipinski definition) is 5. The van der Waals surface area contributed by atoms with E-state index in [4.69, 9.17) is 26.2 Å². The monoisotopic (exact) mass is 438 g/mol. The summed E-state index contributed by atoms with van der Waals surface area (Å²) in [7, 11) is 0. The summed E-state index contributed by atoms with van der Waals surface area (Å²) in [5, 5.41) is 12.4. The summed E-state index contributed by atoms with van der Waals surface area (Å²) < 4.78 is 5.54. The number of amides is 2. The summed E-state index contributed by atoms with van der Waals surface area (Å²) in [5.41, 5.74) is 0.975. The average Bonchev–Trinajstić information content (AvgIpc) is 3.09. The third-order valence-corrected chi connectivity index (χ3v) is 5.40. The van der Waals surface area contributed by atoms with E-state index in [9.17, 15) is 9.59 Å². The Morgan fingerprint density at radius 3 is 2.69 bits per heavy atom. The number of ether oxygens (including phenoxy) is 1. The lowest BCUT2D eigenvalue weighted by molar-refractivity contribution is -0.132. The maximum Gasteiger partial charge on any atom is 0.290 e. The predicted molar refractivity (Wildman–Crippen MR) is 111 cm³/mol. The van der Waals surface area contributed by atoms with E-state index in [0.717, 1.165) is 10.4 Å². The Kier molecular flexibility index (Phi) is 9.63. The first-order chi connectivity index (χ1) is 14.0. The van der Waals surface area contributed by atoms with Gasteiger partial charge in [0.2, 0.25) is 11.8 Å². The molecule has 0 aliphatic carbocycles. The zero-order chi connectivity index (χ0) is 21.1. The first-order valence-electron chi connectivity index (χ1n) is 9.01. The van der Waals surface area contributed by atoms with Crippen LogP contribution in [0, 0.1) is 5.92 Å². The molecule has 0 bridgehead atoms. The third kappa shape index (κ3) is 7.84. The van der Waals surface area contributed by atoms with Crippen LogP contribution in [0.1, 0.15) is 10.4 Å². The van der Waals surface area contributed by atoms with Crippen molar-refractivity contribution >= 4 is 41.2 Å². The molecule has 0 saturated carbocycles. The Morgan fingerprint density at radius 2 is 2.03 bits per heavy atom. The van der Waals surface area contributed by atoms with Crippen LogP contribution < -0.4 is 5.32 Å². The highest BCUT2D eigenvalue weighted by atomic mass is 35.5. The number of thiophene rings is 1. The van der Waals surface area contributed by atoms with Gasteiger partial charge in [-0.05, 0) is 29.1 Å². The number of carbonyl (C=O) groups excluding carboxylic acids is 2. The summed E-state index contributed by atoms with van der Waals surface area (Å²) in [5.74, 6) is -0.429. The first kappa shape index (κ1) is 22.9. The summed E-state index contributed by atoms with van der Waals surface area (Å²) >= 11 is 7.44. The molecule has 2 heterocycles. The fourth-order valence-corrected chi connectivity index (χ4v) is 3.63. The minimum absolute atomic E-state index is 0.0356. The quantitative estimate of drug-likeness (QED) is 0.699. The van der Waals surface area contributed by atoms with Crippen molar-refractivity contribution in [1.29, 1.82) is 0 Å². The zero-order valence-electron chi connectivity index (χ0n) is 15.8. The van der Waals surface area contributed by atoms with Gasteiger partial charge in [0.1, 0.15) is 0 Å². The Balaban J connectivity index is 0.000000941. The van der Waals surface area contributed by atoms with E-state index in [1.165, 1.54) is 0 Å². The summed E-state index contributed by atoms with van der Waals surface area (Å²) in [4.78, 5) is 36.2. The SMILES string of the molecule is O=C(NCc1ccc(Cl)cc1)C1COCCN(C(=O)Cc2cccs2)C1.O=CO. The van der Waals surface area contributed by atoms with Crippen LogP contribution in [0.5, 0.6) is 0 Å². The molecule has 0 spiro atoms. The van der Waals surface area contributed by atoms with Crippen molar-refractivity contribution in [2.24, 2.45) is 5.92 Å². The van der Waals surface area contributed by atoms with Gasteiger partial charge in [0.15, 0.2) is 0 Å². The first-order valence-corrected chi connectivity index (χ1v) is 10.3. The molecule has 7 nitrogen and oxygen atoms in total. The third-order valence-electron chi connectivity index (χ3n) is 4.27. The van der Waals surface area contributed by atoms with Crippen molar-refractivity contribution in [2.45, 2.75) is 13.0 Å². The van der Waals surface area contributed by atoms with E-state index in [2.05, 4.69) is 5.32 Å². The molecular formula is C20H23ClN2O5S. The number of benzene rings is 1. The maximum atomic E-state index is 12.5. The van der Waals surface area contributed by atoms with E-state index in [-0.39, 0.29) is 24.2 Å². The summed E-state index contributed by atoms with van der Waals surface area (Å²) in [6.45, 7) is 1.86. The van der Waals surface area contributed by atoms with Gasteiger partial charge >= 0.3 is 0 Å². The van der Waals surface area contributed by atoms with Crippen LogP contribution in [0.3, 0.4) is 0 Å². The van der Waals surface area contributed by atoms with Crippen LogP contribution >= 0.6 is 22.9 Å². The Hall–Kier alpha value is -2.42. The molecule has 0 radical (unpaired) electrons. The number of nitrogens with zero attached hydrogens (tertiary/aromatic N) is 1. The van der Waals surface area contributed by atoms with E-state index in [0.29, 0.717) is 44.3 Å². The topological polar surface area (TPSA) is 95.9 Å². The molecule has 1 aliphatic rings. The zero-order valence-corrected chi connectivity index (χ0v) is 17.3. The lowest BCUT2D eigenvalue weighted by atomic mass is 10.1. The molecular weight excluding hydrogens is 416 g/mol. The van der Waals surface area contributed by atoms with Crippen molar-refractivity contribution in [3.63, 3.8) is 0 Å². The van der Waals surface area contributed by atoms with Crippen LogP contribution in [0.2, 0.25) is 5.02 Å². The smallest absolute Gasteiger partial charge is 0.290 e. The highest BCUT2D eigenvalue weighted by Crippen LogP contribution is 2.14. The fourth-order valence-electron chi connectivity index (χ4n) is 2.81. The molecule has 2 aromatic rings. The van der Waals surface area contributed by atoms with Gasteiger partial charge in [0, 0.05) is 29.5 Å². The molecule has 156 valence electrons. The highest BCUT2D eigenvalue weighted by Gasteiger charge is 2.27. The molecule has 3 rings (SSSR count). The van der Waals surface area contributed by atoms with Gasteiger partial charge in [-0.2, -0.15) is 0 Å². The Labute approximate surface area is 178 Å². The average molecular weight is 439 g/mol. The molecule has 9 heteroatoms. The molecule has 1 aromatic carbocycles. The van der Waals surface area contributed by atoms with Crippen molar-refractivity contribution in [3.05, 3.63) is 57.2 Å². The molecule has 29 heavy (non-hydrogen) atoms. The van der Waals surface area contributed by atoms with Crippen molar-refractivity contribution in [1.82, 2.24) is 10.2 Å². The van der Waals surface area contributed by atoms with Crippen LogP contribution in [0.15, 0.2) is 41.8 Å². The van der Waals surface area contributed by atoms with Crippen LogP contribution in [-0.2, 0) is 32.1 Å². The summed E-state index contributed by atoms with van der Waals surface area (Å²) in [6, 6.07) is 11.2. The number of carboxylic acid groups (broad SMARTS) is 1. The Morgan fingerprint density at radius 1 is 1.31 bits per heavy atom. The van der Waals surface area contributed by atoms with Crippen molar-refractivity contribution in [2.75, 3.05) is 26.3 Å². The summed E-state index contributed by atoms with van der Waals surface area (Å²) in [6.07, 6.45) is 0.372. The predicted octanol–water partition coefficient (Wildman–Crippen LogP) is 2.44. The van der Waals surface area contributed by atoms with Crippen LogP contribution in [-0.4, -0.2) is 54.6 Å². The van der Waals surface area contributed by atoms with E-state index in [1.807, 2.05) is 29.6 Å². The molecule has 1 unspecified atom stereocenters. The second-order valence-electron chi connectivity index (χ2n) is 6.32. The molecule has 2 N–H and O–H groups in total. The van der Waals surface area contributed by atoms with Gasteiger partial charge in [0.05, 0.1) is 25.6 Å². The number of hydrogen-bond donors (Lipinski definition) is 2. The second kappa shape index (κ2) is 12.2. The number of rotatable bonds is 5. The molecule has 2 amide bonds. The van der Waals surface area contributed by atoms with E-state index < -0.39 is 0 Å². The number of nitrogens with one attached hydrogen (secondary N) is 1. The van der Waals surface area contributed by atoms with Gasteiger partial charge in [-0.3, -0.25) is 14.4 Å². The largest absolute Gasteiger partial charge is 0.483 e. The van der Waals surface area contributed by atoms with Crippen LogP contribution in [0.4, 0.5) is 0 Å². The molecule has 1 fully saturated rings. The molecule has 1 aromatic heterocycles. The minimum Gasteiger partial charge on any atom is -0.483 e.